The number of nitrogens with two attached hydrogens (primary N) is 1. The molecule has 3 nitrogen and oxygen atoms in total. The summed E-state index contributed by atoms with van der Waals surface area (Å²) in [5.41, 5.74) is 6.17. The monoisotopic (exact) mass is 254 g/mol. The highest BCUT2D eigenvalue weighted by Crippen LogP contribution is 2.28. The Bertz CT molecular complexity index is 267. The van der Waals surface area contributed by atoms with Crippen LogP contribution in [-0.4, -0.2) is 18.0 Å². The number of hydrogen-bond acceptors (Lipinski definition) is 2. The Morgan fingerprint density at radius 2 is 2.06 bits per heavy atom. The molecule has 0 aromatic heterocycles. The van der Waals surface area contributed by atoms with E-state index in [4.69, 9.17) is 5.73 Å². The predicted octanol–water partition coefficient (Wildman–Crippen LogP) is 2.69. The summed E-state index contributed by atoms with van der Waals surface area (Å²) in [7, 11) is 0. The maximum Gasteiger partial charge on any atom is 0.224 e. The van der Waals surface area contributed by atoms with E-state index in [2.05, 4.69) is 33.0 Å². The normalized spacial score (nSPS) is 31.7. The van der Waals surface area contributed by atoms with Gasteiger partial charge in [-0.2, -0.15) is 0 Å². The Labute approximate surface area is 112 Å². The molecule has 1 fully saturated rings. The van der Waals surface area contributed by atoms with Gasteiger partial charge in [0.05, 0.1) is 5.92 Å². The van der Waals surface area contributed by atoms with Crippen molar-refractivity contribution in [3.8, 4) is 0 Å². The van der Waals surface area contributed by atoms with Gasteiger partial charge in [-0.25, -0.2) is 0 Å². The summed E-state index contributed by atoms with van der Waals surface area (Å²) in [6.45, 7) is 8.68. The fourth-order valence-corrected chi connectivity index (χ4v) is 2.93. The molecule has 1 amide bonds. The van der Waals surface area contributed by atoms with Gasteiger partial charge in [0.15, 0.2) is 0 Å². The zero-order valence-corrected chi connectivity index (χ0v) is 12.4. The Hall–Kier alpha value is -0.570. The minimum Gasteiger partial charge on any atom is -0.353 e. The van der Waals surface area contributed by atoms with Gasteiger partial charge in [0.2, 0.25) is 5.91 Å². The molecule has 0 bridgehead atoms. The van der Waals surface area contributed by atoms with Crippen LogP contribution in [0.3, 0.4) is 0 Å². The van der Waals surface area contributed by atoms with Crippen molar-refractivity contribution >= 4 is 5.91 Å². The molecule has 0 spiro atoms. The van der Waals surface area contributed by atoms with Gasteiger partial charge in [0.25, 0.3) is 0 Å². The van der Waals surface area contributed by atoms with Crippen LogP contribution in [0.25, 0.3) is 0 Å². The molecular formula is C15H30N2O. The number of amides is 1. The van der Waals surface area contributed by atoms with Gasteiger partial charge in [0, 0.05) is 12.1 Å². The van der Waals surface area contributed by atoms with Crippen molar-refractivity contribution in [2.75, 3.05) is 0 Å². The highest BCUT2D eigenvalue weighted by Gasteiger charge is 2.33. The number of rotatable bonds is 5. The third-order valence-corrected chi connectivity index (χ3v) is 4.47. The van der Waals surface area contributed by atoms with Crippen LogP contribution < -0.4 is 11.1 Å². The van der Waals surface area contributed by atoms with E-state index in [1.165, 1.54) is 6.42 Å². The standard InChI is InChI=1S/C15H30N2O/c1-5-10(2)9-12(4)17-15(18)13-8-6-7-11(3)14(13)16/h10-14H,5-9,16H2,1-4H3,(H,17,18). The summed E-state index contributed by atoms with van der Waals surface area (Å²) in [5.74, 6) is 1.33. The van der Waals surface area contributed by atoms with E-state index in [0.717, 1.165) is 25.7 Å². The summed E-state index contributed by atoms with van der Waals surface area (Å²) in [6.07, 6.45) is 5.47. The largest absolute Gasteiger partial charge is 0.353 e. The van der Waals surface area contributed by atoms with E-state index < -0.39 is 0 Å². The van der Waals surface area contributed by atoms with Gasteiger partial charge in [-0.1, -0.05) is 33.6 Å². The fraction of sp³-hybridized carbons (Fsp3) is 0.933. The van der Waals surface area contributed by atoms with Crippen LogP contribution >= 0.6 is 0 Å². The third-order valence-electron chi connectivity index (χ3n) is 4.47. The summed E-state index contributed by atoms with van der Waals surface area (Å²) >= 11 is 0. The zero-order valence-electron chi connectivity index (χ0n) is 12.4. The smallest absolute Gasteiger partial charge is 0.224 e. The second-order valence-corrected chi connectivity index (χ2v) is 6.25. The first-order valence-electron chi connectivity index (χ1n) is 7.51. The molecule has 1 aliphatic rings. The Kier molecular flexibility index (Phi) is 6.13. The number of hydrogen-bond donors (Lipinski definition) is 2. The summed E-state index contributed by atoms with van der Waals surface area (Å²) < 4.78 is 0. The van der Waals surface area contributed by atoms with Crippen molar-refractivity contribution in [2.45, 2.75) is 71.9 Å². The topological polar surface area (TPSA) is 55.1 Å². The van der Waals surface area contributed by atoms with Gasteiger partial charge in [-0.15, -0.1) is 0 Å². The highest BCUT2D eigenvalue weighted by molar-refractivity contribution is 5.79. The number of carbonyl (C=O) groups is 1. The van der Waals surface area contributed by atoms with Crippen LogP contribution in [0.2, 0.25) is 0 Å². The van der Waals surface area contributed by atoms with E-state index in [-0.39, 0.29) is 23.9 Å². The van der Waals surface area contributed by atoms with Gasteiger partial charge < -0.3 is 11.1 Å². The first-order chi connectivity index (χ1) is 8.45. The lowest BCUT2D eigenvalue weighted by atomic mass is 9.77. The van der Waals surface area contributed by atoms with Crippen LogP contribution in [0.5, 0.6) is 0 Å². The Morgan fingerprint density at radius 3 is 2.67 bits per heavy atom. The molecule has 1 saturated carbocycles. The fourth-order valence-electron chi connectivity index (χ4n) is 2.93. The second kappa shape index (κ2) is 7.13. The molecule has 3 N–H and O–H groups in total. The van der Waals surface area contributed by atoms with Gasteiger partial charge in [-0.05, 0) is 38.0 Å². The van der Waals surface area contributed by atoms with Crippen molar-refractivity contribution in [1.29, 1.82) is 0 Å². The van der Waals surface area contributed by atoms with Crippen LogP contribution in [0.4, 0.5) is 0 Å². The van der Waals surface area contributed by atoms with E-state index in [1.54, 1.807) is 0 Å². The second-order valence-electron chi connectivity index (χ2n) is 6.25. The molecular weight excluding hydrogens is 224 g/mol. The van der Waals surface area contributed by atoms with Crippen LogP contribution in [0.1, 0.15) is 59.8 Å². The average Bonchev–Trinajstić information content (AvgIpc) is 2.32. The SMILES string of the molecule is CCC(C)CC(C)NC(=O)C1CCCC(C)C1N. The molecule has 1 rings (SSSR count). The predicted molar refractivity (Wildman–Crippen MR) is 76.2 cm³/mol. The molecule has 1 aliphatic carbocycles. The lowest BCUT2D eigenvalue weighted by molar-refractivity contribution is -0.127. The number of carbonyl (C=O) groups excluding carboxylic acids is 1. The minimum atomic E-state index is 0.0214. The van der Waals surface area contributed by atoms with Crippen LogP contribution in [0, 0.1) is 17.8 Å². The van der Waals surface area contributed by atoms with Crippen molar-refractivity contribution < 1.29 is 4.79 Å². The lowest BCUT2D eigenvalue weighted by Gasteiger charge is -2.33. The van der Waals surface area contributed by atoms with Gasteiger partial charge >= 0.3 is 0 Å². The molecule has 3 heteroatoms. The van der Waals surface area contributed by atoms with E-state index >= 15 is 0 Å². The number of nitrogens with one attached hydrogen (secondary N) is 1. The quantitative estimate of drug-likeness (QED) is 0.792. The summed E-state index contributed by atoms with van der Waals surface area (Å²) in [4.78, 5) is 12.2. The van der Waals surface area contributed by atoms with Crippen LogP contribution in [-0.2, 0) is 4.79 Å². The van der Waals surface area contributed by atoms with E-state index in [9.17, 15) is 4.79 Å². The maximum absolute atomic E-state index is 12.2. The zero-order chi connectivity index (χ0) is 13.7. The van der Waals surface area contributed by atoms with E-state index in [1.807, 2.05) is 0 Å². The first kappa shape index (κ1) is 15.5. The summed E-state index contributed by atoms with van der Waals surface area (Å²) in [6, 6.07) is 0.298. The van der Waals surface area contributed by atoms with Crippen LogP contribution in [0.15, 0.2) is 0 Å². The van der Waals surface area contributed by atoms with Gasteiger partial charge in [0.1, 0.15) is 0 Å². The minimum absolute atomic E-state index is 0.0214. The van der Waals surface area contributed by atoms with Crippen molar-refractivity contribution in [1.82, 2.24) is 5.32 Å². The average molecular weight is 254 g/mol. The third kappa shape index (κ3) is 4.27. The molecule has 106 valence electrons. The highest BCUT2D eigenvalue weighted by atomic mass is 16.2. The van der Waals surface area contributed by atoms with Crippen molar-refractivity contribution in [3.05, 3.63) is 0 Å². The summed E-state index contributed by atoms with van der Waals surface area (Å²) in [5, 5.41) is 3.15. The van der Waals surface area contributed by atoms with Crippen molar-refractivity contribution in [2.24, 2.45) is 23.5 Å². The molecule has 0 heterocycles. The molecule has 0 aromatic carbocycles. The molecule has 0 aromatic rings. The maximum atomic E-state index is 12.2. The lowest BCUT2D eigenvalue weighted by Crippen LogP contribution is -2.49. The Balaban J connectivity index is 2.44. The van der Waals surface area contributed by atoms with Crippen molar-refractivity contribution in [3.63, 3.8) is 0 Å². The molecule has 18 heavy (non-hydrogen) atoms. The molecule has 5 atom stereocenters. The van der Waals surface area contributed by atoms with Gasteiger partial charge in [-0.3, -0.25) is 4.79 Å². The molecule has 0 saturated heterocycles. The molecule has 5 unspecified atom stereocenters. The molecule has 0 aliphatic heterocycles. The first-order valence-corrected chi connectivity index (χ1v) is 7.51. The van der Waals surface area contributed by atoms with E-state index in [0.29, 0.717) is 11.8 Å². The Morgan fingerprint density at radius 1 is 1.39 bits per heavy atom. The molecule has 0 radical (unpaired) electrons.